The summed E-state index contributed by atoms with van der Waals surface area (Å²) in [7, 11) is 1.91. The van der Waals surface area contributed by atoms with Gasteiger partial charge in [-0.3, -0.25) is 4.79 Å². The van der Waals surface area contributed by atoms with Gasteiger partial charge in [-0.2, -0.15) is 13.2 Å². The zero-order valence-electron chi connectivity index (χ0n) is 19.1. The number of hydrogen-bond acceptors (Lipinski definition) is 2. The van der Waals surface area contributed by atoms with E-state index in [0.29, 0.717) is 22.9 Å². The molecule has 0 aliphatic heterocycles. The Morgan fingerprint density at radius 3 is 2.03 bits per heavy atom. The molecule has 3 rings (SSSR count). The molecule has 0 aliphatic carbocycles. The molecule has 0 unspecified atom stereocenters. The molecule has 0 amide bonds. The zero-order chi connectivity index (χ0) is 24.3. The number of Topliss-reactive ketones (excluding diaryl/α,β-unsaturated/α-hetero) is 1. The van der Waals surface area contributed by atoms with Gasteiger partial charge in [-0.15, -0.1) is 0 Å². The summed E-state index contributed by atoms with van der Waals surface area (Å²) >= 11 is 6.03. The molecule has 0 fully saturated rings. The number of anilines is 2. The fourth-order valence-corrected chi connectivity index (χ4v) is 4.00. The first-order chi connectivity index (χ1) is 15.5. The van der Waals surface area contributed by atoms with Crippen LogP contribution in [0.2, 0.25) is 5.02 Å². The van der Waals surface area contributed by atoms with Crippen LogP contribution in [0.1, 0.15) is 44.2 Å². The molecule has 0 bridgehead atoms. The number of rotatable bonds is 7. The van der Waals surface area contributed by atoms with Crippen molar-refractivity contribution in [1.82, 2.24) is 0 Å². The largest absolute Gasteiger partial charge is 0.416 e. The minimum atomic E-state index is -4.39. The normalized spacial score (nSPS) is 12.6. The van der Waals surface area contributed by atoms with Crippen LogP contribution in [-0.2, 0) is 11.0 Å². The van der Waals surface area contributed by atoms with Crippen molar-refractivity contribution >= 4 is 28.8 Å². The molecule has 33 heavy (non-hydrogen) atoms. The van der Waals surface area contributed by atoms with Gasteiger partial charge in [-0.25, -0.2) is 0 Å². The lowest BCUT2D eigenvalue weighted by Crippen LogP contribution is -2.14. The van der Waals surface area contributed by atoms with Crippen molar-refractivity contribution in [2.45, 2.75) is 39.3 Å². The van der Waals surface area contributed by atoms with Crippen molar-refractivity contribution in [3.63, 3.8) is 0 Å². The second-order valence-corrected chi connectivity index (χ2v) is 9.15. The van der Waals surface area contributed by atoms with Gasteiger partial charge in [0.1, 0.15) is 5.78 Å². The molecule has 0 N–H and O–H groups in total. The first kappa shape index (κ1) is 24.8. The average molecular weight is 474 g/mol. The van der Waals surface area contributed by atoms with Crippen molar-refractivity contribution in [1.29, 1.82) is 0 Å². The van der Waals surface area contributed by atoms with Gasteiger partial charge in [0.05, 0.1) is 5.56 Å². The van der Waals surface area contributed by atoms with Gasteiger partial charge in [0.15, 0.2) is 0 Å². The van der Waals surface area contributed by atoms with Crippen molar-refractivity contribution < 1.29 is 18.0 Å². The van der Waals surface area contributed by atoms with Gasteiger partial charge in [0, 0.05) is 29.4 Å². The van der Waals surface area contributed by atoms with Crippen molar-refractivity contribution in [2.75, 3.05) is 11.9 Å². The Morgan fingerprint density at radius 1 is 0.909 bits per heavy atom. The van der Waals surface area contributed by atoms with Crippen LogP contribution >= 0.6 is 11.6 Å². The van der Waals surface area contributed by atoms with Crippen molar-refractivity contribution in [2.24, 2.45) is 5.92 Å². The van der Waals surface area contributed by atoms with Gasteiger partial charge in [-0.05, 0) is 84.5 Å². The summed E-state index contributed by atoms with van der Waals surface area (Å²) in [6.07, 6.45) is -3.70. The highest BCUT2D eigenvalue weighted by molar-refractivity contribution is 6.30. The predicted octanol–water partition coefficient (Wildman–Crippen LogP) is 8.51. The minimum absolute atomic E-state index is 0.0633. The number of alkyl halides is 3. The summed E-state index contributed by atoms with van der Waals surface area (Å²) in [5, 5.41) is 0.625. The third-order valence-corrected chi connectivity index (χ3v) is 5.94. The Kier molecular flexibility index (Phi) is 7.53. The van der Waals surface area contributed by atoms with Crippen LogP contribution in [0.4, 0.5) is 24.5 Å². The van der Waals surface area contributed by atoms with E-state index in [1.54, 1.807) is 19.1 Å². The van der Waals surface area contributed by atoms with Crippen LogP contribution < -0.4 is 4.90 Å². The van der Waals surface area contributed by atoms with E-state index in [-0.39, 0.29) is 11.7 Å². The first-order valence-electron chi connectivity index (χ1n) is 10.8. The lowest BCUT2D eigenvalue weighted by atomic mass is 9.85. The predicted molar refractivity (Wildman–Crippen MR) is 129 cm³/mol. The third kappa shape index (κ3) is 6.17. The Bertz CT molecular complexity index is 1110. The van der Waals surface area contributed by atoms with E-state index >= 15 is 0 Å². The molecule has 3 aromatic carbocycles. The molecule has 0 spiro atoms. The molecule has 1 atom stereocenters. The Morgan fingerprint density at radius 2 is 1.52 bits per heavy atom. The highest BCUT2D eigenvalue weighted by Crippen LogP contribution is 2.36. The lowest BCUT2D eigenvalue weighted by molar-refractivity contribution is -0.137. The molecule has 0 saturated carbocycles. The molecule has 0 heterocycles. The maximum atomic E-state index is 13.0. The SMILES string of the molecule is CC(=O)[C@@H](CC(C)C)c1cc(-c2ccc(C(F)(F)F)cc2)cc(N(C)c2ccc(Cl)cc2)c1. The molecular formula is C27H27ClF3NO. The van der Waals surface area contributed by atoms with E-state index in [1.165, 1.54) is 12.1 Å². The van der Waals surface area contributed by atoms with Crippen LogP contribution in [-0.4, -0.2) is 12.8 Å². The highest BCUT2D eigenvalue weighted by Gasteiger charge is 2.30. The van der Waals surface area contributed by atoms with Gasteiger partial charge < -0.3 is 4.90 Å². The van der Waals surface area contributed by atoms with E-state index in [2.05, 4.69) is 13.8 Å². The van der Waals surface area contributed by atoms with E-state index in [4.69, 9.17) is 11.6 Å². The minimum Gasteiger partial charge on any atom is -0.345 e. The number of hydrogen-bond donors (Lipinski definition) is 0. The molecule has 2 nitrogen and oxygen atoms in total. The molecule has 0 radical (unpaired) electrons. The van der Waals surface area contributed by atoms with E-state index in [1.807, 2.05) is 42.3 Å². The Balaban J connectivity index is 2.12. The number of carbonyl (C=O) groups excluding carboxylic acids is 1. The van der Waals surface area contributed by atoms with Gasteiger partial charge in [0.25, 0.3) is 0 Å². The lowest BCUT2D eigenvalue weighted by Gasteiger charge is -2.24. The summed E-state index contributed by atoms with van der Waals surface area (Å²) < 4.78 is 39.1. The van der Waals surface area contributed by atoms with Gasteiger partial charge >= 0.3 is 6.18 Å². The van der Waals surface area contributed by atoms with Crippen molar-refractivity contribution in [3.05, 3.63) is 82.9 Å². The number of halogens is 4. The second-order valence-electron chi connectivity index (χ2n) is 8.72. The number of carbonyl (C=O) groups is 1. The summed E-state index contributed by atoms with van der Waals surface area (Å²) in [6, 6.07) is 18.3. The second kappa shape index (κ2) is 10.0. The van der Waals surface area contributed by atoms with Gasteiger partial charge in [0.2, 0.25) is 0 Å². The van der Waals surface area contributed by atoms with Gasteiger partial charge in [-0.1, -0.05) is 43.6 Å². The van der Waals surface area contributed by atoms with Crippen LogP contribution in [0.5, 0.6) is 0 Å². The maximum Gasteiger partial charge on any atom is 0.416 e. The Hall–Kier alpha value is -2.79. The van der Waals surface area contributed by atoms with Crippen molar-refractivity contribution in [3.8, 4) is 11.1 Å². The smallest absolute Gasteiger partial charge is 0.345 e. The molecule has 3 aromatic rings. The topological polar surface area (TPSA) is 20.3 Å². The quantitative estimate of drug-likeness (QED) is 0.342. The molecule has 0 aromatic heterocycles. The summed E-state index contributed by atoms with van der Waals surface area (Å²) in [6.45, 7) is 5.72. The van der Waals surface area contributed by atoms with E-state index < -0.39 is 11.7 Å². The highest BCUT2D eigenvalue weighted by atomic mass is 35.5. The van der Waals surface area contributed by atoms with Crippen LogP contribution in [0.15, 0.2) is 66.7 Å². The van der Waals surface area contributed by atoms with Crippen LogP contribution in [0.3, 0.4) is 0 Å². The third-order valence-electron chi connectivity index (χ3n) is 5.69. The maximum absolute atomic E-state index is 13.0. The molecule has 0 aliphatic rings. The number of benzene rings is 3. The Labute approximate surface area is 198 Å². The molecular weight excluding hydrogens is 447 g/mol. The standard InChI is InChI=1S/C27H27ClF3NO/c1-17(2)13-26(18(3)33)21-14-20(19-5-7-22(8-6-19)27(29,30)31)15-25(16-21)32(4)24-11-9-23(28)10-12-24/h5-12,14-17,26H,13H2,1-4H3/t26-/m1/s1. The monoisotopic (exact) mass is 473 g/mol. The van der Waals surface area contributed by atoms with E-state index in [9.17, 15) is 18.0 Å². The number of ketones is 1. The summed E-state index contributed by atoms with van der Waals surface area (Å²) in [4.78, 5) is 14.5. The fraction of sp³-hybridized carbons (Fsp3) is 0.296. The fourth-order valence-electron chi connectivity index (χ4n) is 3.87. The molecule has 174 valence electrons. The number of nitrogens with zero attached hydrogens (tertiary/aromatic N) is 1. The summed E-state index contributed by atoms with van der Waals surface area (Å²) in [5.41, 5.74) is 3.30. The van der Waals surface area contributed by atoms with E-state index in [0.717, 1.165) is 34.6 Å². The average Bonchev–Trinajstić information content (AvgIpc) is 2.76. The molecule has 0 saturated heterocycles. The summed E-state index contributed by atoms with van der Waals surface area (Å²) in [5.74, 6) is 0.0798. The van der Waals surface area contributed by atoms with Crippen LogP contribution in [0, 0.1) is 5.92 Å². The zero-order valence-corrected chi connectivity index (χ0v) is 19.8. The first-order valence-corrected chi connectivity index (χ1v) is 11.2. The van der Waals surface area contributed by atoms with Crippen LogP contribution in [0.25, 0.3) is 11.1 Å². The molecule has 6 heteroatoms.